The molecule has 0 heterocycles. The van der Waals surface area contributed by atoms with Crippen molar-refractivity contribution in [1.82, 2.24) is 10.2 Å². The third-order valence-corrected chi connectivity index (χ3v) is 3.50. The van der Waals surface area contributed by atoms with Gasteiger partial charge in [-0.15, -0.1) is 0 Å². The second-order valence-electron chi connectivity index (χ2n) is 5.55. The maximum absolute atomic E-state index is 9.08. The van der Waals surface area contributed by atoms with E-state index >= 15 is 0 Å². The highest BCUT2D eigenvalue weighted by atomic mass is 16.5. The minimum Gasteiger partial charge on any atom is -0.495 e. The Bertz CT molecular complexity index is 455. The van der Waals surface area contributed by atoms with Gasteiger partial charge in [0, 0.05) is 19.1 Å². The highest BCUT2D eigenvalue weighted by Crippen LogP contribution is 2.18. The molecular formula is C16H25N3O. The lowest BCUT2D eigenvalue weighted by Crippen LogP contribution is -2.41. The first-order chi connectivity index (χ1) is 9.49. The Morgan fingerprint density at radius 1 is 1.35 bits per heavy atom. The van der Waals surface area contributed by atoms with E-state index in [4.69, 9.17) is 10.00 Å². The van der Waals surface area contributed by atoms with Gasteiger partial charge in [0.1, 0.15) is 11.8 Å². The lowest BCUT2D eigenvalue weighted by molar-refractivity contribution is 0.224. The molecule has 0 aliphatic carbocycles. The summed E-state index contributed by atoms with van der Waals surface area (Å²) in [6.45, 7) is 6.15. The highest BCUT2D eigenvalue weighted by molar-refractivity contribution is 5.45. The molecule has 1 aromatic rings. The van der Waals surface area contributed by atoms with Crippen molar-refractivity contribution in [3.8, 4) is 11.8 Å². The van der Waals surface area contributed by atoms with Gasteiger partial charge in [-0.25, -0.2) is 0 Å². The Morgan fingerprint density at radius 3 is 2.55 bits per heavy atom. The largest absolute Gasteiger partial charge is 0.495 e. The first-order valence-electron chi connectivity index (χ1n) is 6.93. The van der Waals surface area contributed by atoms with Crippen LogP contribution in [0.25, 0.3) is 0 Å². The van der Waals surface area contributed by atoms with Gasteiger partial charge in [-0.1, -0.05) is 19.9 Å². The smallest absolute Gasteiger partial charge is 0.136 e. The van der Waals surface area contributed by atoms with Gasteiger partial charge in [0.2, 0.25) is 0 Å². The number of ether oxygens (including phenoxy) is 1. The number of nitriles is 1. The topological polar surface area (TPSA) is 48.3 Å². The standard InChI is InChI=1S/C16H25N3O/c1-12(2)15(19(3)4)11-18-10-13-6-7-16(20-5)14(8-13)9-17/h6-8,12,15,18H,10-11H2,1-5H3. The summed E-state index contributed by atoms with van der Waals surface area (Å²) in [5.41, 5.74) is 1.68. The van der Waals surface area contributed by atoms with Crippen LogP contribution >= 0.6 is 0 Å². The maximum Gasteiger partial charge on any atom is 0.136 e. The molecule has 0 saturated heterocycles. The number of hydrogen-bond donors (Lipinski definition) is 1. The lowest BCUT2D eigenvalue weighted by Gasteiger charge is -2.28. The number of nitrogens with zero attached hydrogens (tertiary/aromatic N) is 2. The van der Waals surface area contributed by atoms with Crippen molar-refractivity contribution in [2.75, 3.05) is 27.7 Å². The molecule has 20 heavy (non-hydrogen) atoms. The van der Waals surface area contributed by atoms with E-state index in [9.17, 15) is 0 Å². The van der Waals surface area contributed by atoms with E-state index in [1.807, 2.05) is 18.2 Å². The average molecular weight is 275 g/mol. The van der Waals surface area contributed by atoms with Crippen LogP contribution in [0.3, 0.4) is 0 Å². The van der Waals surface area contributed by atoms with Gasteiger partial charge in [0.15, 0.2) is 0 Å². The van der Waals surface area contributed by atoms with Crippen molar-refractivity contribution in [2.45, 2.75) is 26.4 Å². The quantitative estimate of drug-likeness (QED) is 0.829. The molecule has 1 aromatic carbocycles. The fourth-order valence-electron chi connectivity index (χ4n) is 2.33. The fourth-order valence-corrected chi connectivity index (χ4v) is 2.33. The summed E-state index contributed by atoms with van der Waals surface area (Å²) in [6, 6.07) is 8.39. The van der Waals surface area contributed by atoms with Gasteiger partial charge in [0.25, 0.3) is 0 Å². The molecule has 1 unspecified atom stereocenters. The van der Waals surface area contributed by atoms with Crippen LogP contribution in [0.5, 0.6) is 5.75 Å². The highest BCUT2D eigenvalue weighted by Gasteiger charge is 2.14. The maximum atomic E-state index is 9.08. The van der Waals surface area contributed by atoms with E-state index in [1.165, 1.54) is 0 Å². The summed E-state index contributed by atoms with van der Waals surface area (Å²) in [6.07, 6.45) is 0. The average Bonchev–Trinajstić information content (AvgIpc) is 2.42. The SMILES string of the molecule is COc1ccc(CNCC(C(C)C)N(C)C)cc1C#N. The van der Waals surface area contributed by atoms with Crippen LogP contribution in [0.15, 0.2) is 18.2 Å². The minimum atomic E-state index is 0.503. The van der Waals surface area contributed by atoms with Crippen molar-refractivity contribution < 1.29 is 4.74 Å². The number of hydrogen-bond acceptors (Lipinski definition) is 4. The molecule has 4 heteroatoms. The second kappa shape index (κ2) is 7.88. The van der Waals surface area contributed by atoms with Crippen LogP contribution in [-0.4, -0.2) is 38.7 Å². The van der Waals surface area contributed by atoms with Gasteiger partial charge in [-0.2, -0.15) is 5.26 Å². The van der Waals surface area contributed by atoms with Crippen LogP contribution in [0.4, 0.5) is 0 Å². The van der Waals surface area contributed by atoms with E-state index in [1.54, 1.807) is 7.11 Å². The molecule has 4 nitrogen and oxygen atoms in total. The normalized spacial score (nSPS) is 12.5. The summed E-state index contributed by atoms with van der Waals surface area (Å²) >= 11 is 0. The van der Waals surface area contributed by atoms with Gasteiger partial charge in [0.05, 0.1) is 12.7 Å². The van der Waals surface area contributed by atoms with Crippen LogP contribution in [0.1, 0.15) is 25.0 Å². The Morgan fingerprint density at radius 2 is 2.05 bits per heavy atom. The first-order valence-corrected chi connectivity index (χ1v) is 6.93. The van der Waals surface area contributed by atoms with Gasteiger partial charge in [-0.05, 0) is 37.7 Å². The Labute approximate surface area is 122 Å². The summed E-state index contributed by atoms with van der Waals surface area (Å²) < 4.78 is 5.15. The van der Waals surface area contributed by atoms with E-state index in [0.29, 0.717) is 23.3 Å². The monoisotopic (exact) mass is 275 g/mol. The fraction of sp³-hybridized carbons (Fsp3) is 0.562. The van der Waals surface area contributed by atoms with Crippen LogP contribution in [-0.2, 0) is 6.54 Å². The molecule has 0 fully saturated rings. The zero-order valence-electron chi connectivity index (χ0n) is 13.1. The number of nitrogens with one attached hydrogen (secondary N) is 1. The zero-order valence-corrected chi connectivity index (χ0v) is 13.1. The first kappa shape index (κ1) is 16.5. The summed E-state index contributed by atoms with van der Waals surface area (Å²) in [4.78, 5) is 2.24. The van der Waals surface area contributed by atoms with Crippen molar-refractivity contribution in [2.24, 2.45) is 5.92 Å². The predicted molar refractivity (Wildman–Crippen MR) is 81.7 cm³/mol. The Hall–Kier alpha value is -1.57. The van der Waals surface area contributed by atoms with E-state index in [0.717, 1.165) is 18.7 Å². The summed E-state index contributed by atoms with van der Waals surface area (Å²) in [5.74, 6) is 1.23. The third-order valence-electron chi connectivity index (χ3n) is 3.50. The summed E-state index contributed by atoms with van der Waals surface area (Å²) in [7, 11) is 5.79. The van der Waals surface area contributed by atoms with E-state index in [2.05, 4.69) is 44.2 Å². The molecule has 0 aliphatic rings. The molecule has 0 saturated carbocycles. The van der Waals surface area contributed by atoms with E-state index in [-0.39, 0.29) is 0 Å². The van der Waals surface area contributed by atoms with Gasteiger partial charge >= 0.3 is 0 Å². The summed E-state index contributed by atoms with van der Waals surface area (Å²) in [5, 5.41) is 12.5. The molecule has 0 aromatic heterocycles. The molecule has 0 amide bonds. The Kier molecular flexibility index (Phi) is 6.50. The van der Waals surface area contributed by atoms with Crippen LogP contribution in [0, 0.1) is 17.2 Å². The molecule has 1 rings (SSSR count). The number of rotatable bonds is 7. The van der Waals surface area contributed by atoms with Crippen molar-refractivity contribution in [3.63, 3.8) is 0 Å². The molecule has 0 radical (unpaired) electrons. The van der Waals surface area contributed by atoms with Crippen LogP contribution in [0.2, 0.25) is 0 Å². The van der Waals surface area contributed by atoms with Gasteiger partial charge < -0.3 is 15.0 Å². The molecule has 1 N–H and O–H groups in total. The van der Waals surface area contributed by atoms with Crippen molar-refractivity contribution >= 4 is 0 Å². The molecule has 1 atom stereocenters. The molecule has 0 bridgehead atoms. The van der Waals surface area contributed by atoms with Crippen LogP contribution < -0.4 is 10.1 Å². The Balaban J connectivity index is 2.60. The molecule has 110 valence electrons. The molecular weight excluding hydrogens is 250 g/mol. The van der Waals surface area contributed by atoms with Gasteiger partial charge in [-0.3, -0.25) is 0 Å². The number of methoxy groups -OCH3 is 1. The minimum absolute atomic E-state index is 0.503. The van der Waals surface area contributed by atoms with Crippen molar-refractivity contribution in [1.29, 1.82) is 5.26 Å². The third kappa shape index (κ3) is 4.52. The number of benzene rings is 1. The molecule has 0 aliphatic heterocycles. The van der Waals surface area contributed by atoms with Crippen molar-refractivity contribution in [3.05, 3.63) is 29.3 Å². The second-order valence-corrected chi connectivity index (χ2v) is 5.55. The van der Waals surface area contributed by atoms with E-state index < -0.39 is 0 Å². The predicted octanol–water partition coefficient (Wildman–Crippen LogP) is 2.24. The molecule has 0 spiro atoms. The lowest BCUT2D eigenvalue weighted by atomic mass is 10.0. The zero-order chi connectivity index (χ0) is 15.1. The number of likely N-dealkylation sites (N-methyl/N-ethyl adjacent to an activating group) is 1.